The highest BCUT2D eigenvalue weighted by atomic mass is 35.5. The van der Waals surface area contributed by atoms with Gasteiger partial charge in [-0.2, -0.15) is 0 Å². The van der Waals surface area contributed by atoms with Crippen LogP contribution in [-0.2, 0) is 9.63 Å². The van der Waals surface area contributed by atoms with Crippen molar-refractivity contribution in [2.24, 2.45) is 9.98 Å². The summed E-state index contributed by atoms with van der Waals surface area (Å²) in [6, 6.07) is 20.1. The molecule has 33 heavy (non-hydrogen) atoms. The third-order valence-corrected chi connectivity index (χ3v) is 5.56. The number of nitro groups is 1. The lowest BCUT2D eigenvalue weighted by molar-refractivity contribution is -0.384. The first-order valence-electron chi connectivity index (χ1n) is 10.0. The number of carbonyl (C=O) groups excluding carboxylic acids is 1. The molecule has 0 spiro atoms. The zero-order chi connectivity index (χ0) is 22.9. The lowest BCUT2D eigenvalue weighted by Crippen LogP contribution is -2.29. The summed E-state index contributed by atoms with van der Waals surface area (Å²) < 4.78 is 0. The highest BCUT2D eigenvalue weighted by molar-refractivity contribution is 6.30. The fraction of sp³-hybridized carbons (Fsp3) is 0.0870. The van der Waals surface area contributed by atoms with Crippen molar-refractivity contribution in [1.82, 2.24) is 5.59 Å². The standard InChI is InChI=1S/C23H16ClN5O4/c24-15-7-11-16(12-8-15)28-22(23(30)33-27-28)21-13-20(14-5-9-17(10-6-14)29(31)32)25-18-3-1-2-4-19(18)26-21/h1-12,20,27H,13H2/b22-21+. The number of nitrogens with zero attached hydrogens (tertiary/aromatic N) is 4. The number of nitro benzene ring substituents is 1. The summed E-state index contributed by atoms with van der Waals surface area (Å²) in [6.45, 7) is 0. The Labute approximate surface area is 192 Å². The minimum atomic E-state index is -0.578. The maximum atomic E-state index is 12.7. The van der Waals surface area contributed by atoms with E-state index in [1.165, 1.54) is 17.1 Å². The summed E-state index contributed by atoms with van der Waals surface area (Å²) in [5.41, 5.74) is 4.73. The van der Waals surface area contributed by atoms with Gasteiger partial charge in [0.25, 0.3) is 5.69 Å². The molecule has 2 heterocycles. The summed E-state index contributed by atoms with van der Waals surface area (Å²) >= 11 is 6.01. The van der Waals surface area contributed by atoms with Gasteiger partial charge in [0.1, 0.15) is 0 Å². The molecule has 0 aromatic heterocycles. The Morgan fingerprint density at radius 2 is 1.73 bits per heavy atom. The van der Waals surface area contributed by atoms with E-state index in [2.05, 4.69) is 5.59 Å². The first-order chi connectivity index (χ1) is 16.0. The van der Waals surface area contributed by atoms with E-state index in [-0.39, 0.29) is 17.8 Å². The van der Waals surface area contributed by atoms with Gasteiger partial charge in [0, 0.05) is 23.6 Å². The maximum Gasteiger partial charge on any atom is 0.378 e. The molecule has 1 fully saturated rings. The molecule has 0 saturated carbocycles. The lowest BCUT2D eigenvalue weighted by Gasteiger charge is -2.18. The molecule has 0 radical (unpaired) electrons. The normalized spacial score (nSPS) is 19.7. The van der Waals surface area contributed by atoms with Gasteiger partial charge < -0.3 is 4.84 Å². The Kier molecular flexibility index (Phi) is 5.33. The molecule has 2 aliphatic rings. The van der Waals surface area contributed by atoms with E-state index in [4.69, 9.17) is 26.4 Å². The molecule has 0 bridgehead atoms. The van der Waals surface area contributed by atoms with Crippen molar-refractivity contribution in [3.8, 4) is 0 Å². The number of benzene rings is 3. The second-order valence-electron chi connectivity index (χ2n) is 7.39. The second-order valence-corrected chi connectivity index (χ2v) is 7.82. The topological polar surface area (TPSA) is 109 Å². The Morgan fingerprint density at radius 3 is 2.42 bits per heavy atom. The molecule has 10 heteroatoms. The van der Waals surface area contributed by atoms with Crippen molar-refractivity contribution in [2.45, 2.75) is 12.5 Å². The average molecular weight is 462 g/mol. The molecule has 5 rings (SSSR count). The molecule has 0 amide bonds. The van der Waals surface area contributed by atoms with E-state index in [1.54, 1.807) is 36.4 Å². The van der Waals surface area contributed by atoms with Gasteiger partial charge in [-0.1, -0.05) is 41.5 Å². The SMILES string of the molecule is O=C1ONN(c2ccc(Cl)cc2)/C1=C1\CC(c2ccc([N+](=O)[O-])cc2)N=c2ccccc2=N1. The third-order valence-electron chi connectivity index (χ3n) is 5.31. The molecule has 1 N–H and O–H groups in total. The number of halogens is 1. The van der Waals surface area contributed by atoms with Gasteiger partial charge >= 0.3 is 5.97 Å². The Bertz CT molecular complexity index is 1400. The molecule has 164 valence electrons. The molecule has 3 aromatic rings. The van der Waals surface area contributed by atoms with E-state index in [0.29, 0.717) is 27.1 Å². The van der Waals surface area contributed by atoms with Gasteiger partial charge in [0.05, 0.1) is 33.1 Å². The molecular weight excluding hydrogens is 446 g/mol. The van der Waals surface area contributed by atoms with Crippen molar-refractivity contribution in [3.63, 3.8) is 0 Å². The summed E-state index contributed by atoms with van der Waals surface area (Å²) in [6.07, 6.45) is 0.280. The van der Waals surface area contributed by atoms with Crippen molar-refractivity contribution in [1.29, 1.82) is 0 Å². The largest absolute Gasteiger partial charge is 0.378 e. The predicted molar refractivity (Wildman–Crippen MR) is 119 cm³/mol. The maximum absolute atomic E-state index is 12.7. The first-order valence-corrected chi connectivity index (χ1v) is 10.4. The van der Waals surface area contributed by atoms with Crippen LogP contribution >= 0.6 is 11.6 Å². The highest BCUT2D eigenvalue weighted by Gasteiger charge is 2.34. The van der Waals surface area contributed by atoms with Gasteiger partial charge in [-0.05, 0) is 42.0 Å². The number of fused-ring (bicyclic) bond motifs is 1. The van der Waals surface area contributed by atoms with Gasteiger partial charge in [0.15, 0.2) is 5.70 Å². The third kappa shape index (κ3) is 4.07. The second kappa shape index (κ2) is 8.45. The summed E-state index contributed by atoms with van der Waals surface area (Å²) in [5, 5.41) is 14.4. The van der Waals surface area contributed by atoms with Crippen LogP contribution in [0.15, 0.2) is 94.2 Å². The number of non-ortho nitro benzene ring substituents is 1. The summed E-state index contributed by atoms with van der Waals surface area (Å²) in [5.74, 6) is -0.578. The van der Waals surface area contributed by atoms with Crippen LogP contribution in [0, 0.1) is 10.1 Å². The molecule has 0 aliphatic carbocycles. The lowest BCUT2D eigenvalue weighted by atomic mass is 10.0. The van der Waals surface area contributed by atoms with E-state index in [9.17, 15) is 14.9 Å². The van der Waals surface area contributed by atoms with Gasteiger partial charge in [-0.3, -0.25) is 15.1 Å². The van der Waals surface area contributed by atoms with E-state index < -0.39 is 16.9 Å². The van der Waals surface area contributed by atoms with Crippen LogP contribution in [0.1, 0.15) is 18.0 Å². The van der Waals surface area contributed by atoms with Gasteiger partial charge in [-0.15, -0.1) is 0 Å². The van der Waals surface area contributed by atoms with Crippen LogP contribution in [0.3, 0.4) is 0 Å². The molecule has 9 nitrogen and oxygen atoms in total. The quantitative estimate of drug-likeness (QED) is 0.364. The number of para-hydroxylation sites is 2. The van der Waals surface area contributed by atoms with Crippen LogP contribution in [0.5, 0.6) is 0 Å². The summed E-state index contributed by atoms with van der Waals surface area (Å²) in [4.78, 5) is 38.0. The van der Waals surface area contributed by atoms with Crippen LogP contribution in [0.2, 0.25) is 5.02 Å². The molecule has 1 atom stereocenters. The predicted octanol–water partition coefficient (Wildman–Crippen LogP) is 3.33. The average Bonchev–Trinajstić information content (AvgIpc) is 3.09. The fourth-order valence-corrected chi connectivity index (χ4v) is 3.83. The first kappa shape index (κ1) is 20.8. The van der Waals surface area contributed by atoms with Crippen molar-refractivity contribution < 1.29 is 14.6 Å². The van der Waals surface area contributed by atoms with E-state index in [1.807, 2.05) is 24.3 Å². The summed E-state index contributed by atoms with van der Waals surface area (Å²) in [7, 11) is 0. The number of hydrazine groups is 1. The zero-order valence-corrected chi connectivity index (χ0v) is 17.8. The molecule has 1 saturated heterocycles. The smallest absolute Gasteiger partial charge is 0.345 e. The molecule has 2 aliphatic heterocycles. The van der Waals surface area contributed by atoms with Crippen molar-refractivity contribution >= 4 is 28.9 Å². The van der Waals surface area contributed by atoms with Crippen LogP contribution in [0.4, 0.5) is 11.4 Å². The Morgan fingerprint density at radius 1 is 1.03 bits per heavy atom. The number of hydrogen-bond donors (Lipinski definition) is 1. The van der Waals surface area contributed by atoms with Crippen molar-refractivity contribution in [2.75, 3.05) is 5.01 Å². The van der Waals surface area contributed by atoms with E-state index >= 15 is 0 Å². The van der Waals surface area contributed by atoms with E-state index in [0.717, 1.165) is 5.56 Å². The minimum absolute atomic E-state index is 0.00600. The Balaban J connectivity index is 1.66. The molecule has 1 unspecified atom stereocenters. The number of carbonyl (C=O) groups is 1. The zero-order valence-electron chi connectivity index (χ0n) is 17.0. The monoisotopic (exact) mass is 461 g/mol. The van der Waals surface area contributed by atoms with Crippen LogP contribution < -0.4 is 21.3 Å². The molecular formula is C23H16ClN5O4. The van der Waals surface area contributed by atoms with Gasteiger partial charge in [-0.25, -0.2) is 14.8 Å². The fourth-order valence-electron chi connectivity index (χ4n) is 3.71. The Hall–Kier alpha value is -4.08. The number of nitrogens with one attached hydrogen (secondary N) is 1. The van der Waals surface area contributed by atoms with Crippen molar-refractivity contribution in [3.05, 3.63) is 116 Å². The number of anilines is 1. The highest BCUT2D eigenvalue weighted by Crippen LogP contribution is 2.33. The van der Waals surface area contributed by atoms with Crippen LogP contribution in [0.25, 0.3) is 0 Å². The number of rotatable bonds is 3. The number of hydrogen-bond acceptors (Lipinski definition) is 8. The molecule has 3 aromatic carbocycles. The van der Waals surface area contributed by atoms with Gasteiger partial charge in [0.2, 0.25) is 0 Å². The minimum Gasteiger partial charge on any atom is -0.345 e. The van der Waals surface area contributed by atoms with Crippen LogP contribution in [-0.4, -0.2) is 10.9 Å².